The first-order valence-corrected chi connectivity index (χ1v) is 6.56. The predicted octanol–water partition coefficient (Wildman–Crippen LogP) is 3.70. The number of hydrogen-bond donors (Lipinski definition) is 1. The summed E-state index contributed by atoms with van der Waals surface area (Å²) in [7, 11) is 0. The summed E-state index contributed by atoms with van der Waals surface area (Å²) in [5.74, 6) is -1.96. The van der Waals surface area contributed by atoms with Crippen LogP contribution in [0.3, 0.4) is 0 Å². The first kappa shape index (κ1) is 13.5. The van der Waals surface area contributed by atoms with Crippen molar-refractivity contribution in [1.82, 2.24) is 0 Å². The molecule has 0 bridgehead atoms. The van der Waals surface area contributed by atoms with E-state index in [1.807, 2.05) is 30.3 Å². The molecule has 0 unspecified atom stereocenters. The van der Waals surface area contributed by atoms with Crippen LogP contribution >= 0.6 is 11.8 Å². The lowest BCUT2D eigenvalue weighted by Gasteiger charge is -2.05. The summed E-state index contributed by atoms with van der Waals surface area (Å²) < 4.78 is 25.7. The van der Waals surface area contributed by atoms with Crippen molar-refractivity contribution in [2.45, 2.75) is 4.90 Å². The van der Waals surface area contributed by atoms with Crippen LogP contribution in [0.25, 0.3) is 0 Å². The third-order valence-electron chi connectivity index (χ3n) is 2.32. The fourth-order valence-corrected chi connectivity index (χ4v) is 2.16. The summed E-state index contributed by atoms with van der Waals surface area (Å²) in [5.41, 5.74) is 0.248. The van der Waals surface area contributed by atoms with Crippen LogP contribution in [0.1, 0.15) is 0 Å². The molecule has 2 aromatic rings. The van der Waals surface area contributed by atoms with E-state index in [-0.39, 0.29) is 17.3 Å². The molecule has 1 amide bonds. The topological polar surface area (TPSA) is 29.1 Å². The molecule has 0 aromatic heterocycles. The summed E-state index contributed by atoms with van der Waals surface area (Å²) in [6.45, 7) is 0. The summed E-state index contributed by atoms with van der Waals surface area (Å²) in [5, 5.41) is 2.51. The second-order valence-corrected chi connectivity index (χ2v) is 4.83. The maximum atomic E-state index is 12.9. The SMILES string of the molecule is O=C(CSc1ccccc1)Nc1ccc(F)c(F)c1. The van der Waals surface area contributed by atoms with Gasteiger partial charge in [0.1, 0.15) is 0 Å². The van der Waals surface area contributed by atoms with E-state index < -0.39 is 11.6 Å². The van der Waals surface area contributed by atoms with Crippen LogP contribution in [0.2, 0.25) is 0 Å². The van der Waals surface area contributed by atoms with Gasteiger partial charge < -0.3 is 5.32 Å². The van der Waals surface area contributed by atoms with Crippen molar-refractivity contribution < 1.29 is 13.6 Å². The molecule has 5 heteroatoms. The van der Waals surface area contributed by atoms with E-state index in [2.05, 4.69) is 5.32 Å². The van der Waals surface area contributed by atoms with Crippen molar-refractivity contribution in [2.24, 2.45) is 0 Å². The van der Waals surface area contributed by atoms with Gasteiger partial charge in [-0.1, -0.05) is 18.2 Å². The van der Waals surface area contributed by atoms with Gasteiger partial charge in [-0.25, -0.2) is 8.78 Å². The Bertz CT molecular complexity index is 575. The van der Waals surface area contributed by atoms with E-state index in [0.717, 1.165) is 17.0 Å². The molecule has 19 heavy (non-hydrogen) atoms. The van der Waals surface area contributed by atoms with Crippen molar-refractivity contribution in [3.8, 4) is 0 Å². The molecule has 98 valence electrons. The van der Waals surface area contributed by atoms with Crippen molar-refractivity contribution in [2.75, 3.05) is 11.1 Å². The van der Waals surface area contributed by atoms with Gasteiger partial charge in [0, 0.05) is 16.6 Å². The number of anilines is 1. The maximum absolute atomic E-state index is 12.9. The van der Waals surface area contributed by atoms with Crippen molar-refractivity contribution >= 4 is 23.4 Å². The molecule has 2 nitrogen and oxygen atoms in total. The molecule has 0 aliphatic heterocycles. The first-order valence-electron chi connectivity index (χ1n) is 5.58. The number of carbonyl (C=O) groups is 1. The molecule has 2 rings (SSSR count). The average molecular weight is 279 g/mol. The van der Waals surface area contributed by atoms with Crippen LogP contribution in [-0.4, -0.2) is 11.7 Å². The van der Waals surface area contributed by atoms with Gasteiger partial charge in [-0.3, -0.25) is 4.79 Å². The van der Waals surface area contributed by atoms with Gasteiger partial charge in [0.25, 0.3) is 0 Å². The van der Waals surface area contributed by atoms with Gasteiger partial charge in [-0.2, -0.15) is 0 Å². The highest BCUT2D eigenvalue weighted by Crippen LogP contribution is 2.18. The number of hydrogen-bond acceptors (Lipinski definition) is 2. The number of benzene rings is 2. The molecule has 0 saturated heterocycles. The van der Waals surface area contributed by atoms with Crippen LogP contribution in [0.5, 0.6) is 0 Å². The molecule has 0 aliphatic rings. The Morgan fingerprint density at radius 2 is 1.79 bits per heavy atom. The quantitative estimate of drug-likeness (QED) is 0.865. The number of halogens is 2. The smallest absolute Gasteiger partial charge is 0.234 e. The van der Waals surface area contributed by atoms with Crippen molar-refractivity contribution in [3.63, 3.8) is 0 Å². The van der Waals surface area contributed by atoms with Crippen molar-refractivity contribution in [3.05, 3.63) is 60.2 Å². The summed E-state index contributed by atoms with van der Waals surface area (Å²) in [6, 6.07) is 12.7. The highest BCUT2D eigenvalue weighted by atomic mass is 32.2. The second-order valence-electron chi connectivity index (χ2n) is 3.78. The Balaban J connectivity index is 1.89. The molecule has 0 fully saturated rings. The summed E-state index contributed by atoms with van der Waals surface area (Å²) in [4.78, 5) is 12.6. The van der Waals surface area contributed by atoms with Gasteiger partial charge >= 0.3 is 0 Å². The molecule has 0 radical (unpaired) electrons. The lowest BCUT2D eigenvalue weighted by Crippen LogP contribution is -2.14. The van der Waals surface area contributed by atoms with E-state index in [1.165, 1.54) is 17.8 Å². The van der Waals surface area contributed by atoms with Crippen molar-refractivity contribution in [1.29, 1.82) is 0 Å². The molecular weight excluding hydrogens is 268 g/mol. The fourth-order valence-electron chi connectivity index (χ4n) is 1.44. The third-order valence-corrected chi connectivity index (χ3v) is 3.33. The monoisotopic (exact) mass is 279 g/mol. The number of amides is 1. The highest BCUT2D eigenvalue weighted by molar-refractivity contribution is 8.00. The molecule has 1 N–H and O–H groups in total. The Morgan fingerprint density at radius 3 is 2.47 bits per heavy atom. The van der Waals surface area contributed by atoms with Gasteiger partial charge in [0.2, 0.25) is 5.91 Å². The zero-order valence-electron chi connectivity index (χ0n) is 9.90. The standard InChI is InChI=1S/C14H11F2NOS/c15-12-7-6-10(8-13(12)16)17-14(18)9-19-11-4-2-1-3-5-11/h1-8H,9H2,(H,17,18). The zero-order valence-corrected chi connectivity index (χ0v) is 10.7. The van der Waals surface area contributed by atoms with Crippen LogP contribution in [0.15, 0.2) is 53.4 Å². The van der Waals surface area contributed by atoms with Crippen LogP contribution in [0.4, 0.5) is 14.5 Å². The van der Waals surface area contributed by atoms with E-state index in [0.29, 0.717) is 0 Å². The Kier molecular flexibility index (Phi) is 4.52. The Labute approximate surface area is 113 Å². The van der Waals surface area contributed by atoms with Gasteiger partial charge in [-0.15, -0.1) is 11.8 Å². The summed E-state index contributed by atoms with van der Waals surface area (Å²) in [6.07, 6.45) is 0. The minimum atomic E-state index is -0.978. The fraction of sp³-hybridized carbons (Fsp3) is 0.0714. The van der Waals surface area contributed by atoms with Crippen LogP contribution < -0.4 is 5.32 Å². The molecular formula is C14H11F2NOS. The van der Waals surface area contributed by atoms with Crippen LogP contribution in [0, 0.1) is 11.6 Å². The lowest BCUT2D eigenvalue weighted by molar-refractivity contribution is -0.113. The normalized spacial score (nSPS) is 10.2. The maximum Gasteiger partial charge on any atom is 0.234 e. The summed E-state index contributed by atoms with van der Waals surface area (Å²) >= 11 is 1.38. The number of rotatable bonds is 4. The number of thioether (sulfide) groups is 1. The second kappa shape index (κ2) is 6.33. The Morgan fingerprint density at radius 1 is 1.05 bits per heavy atom. The van der Waals surface area contributed by atoms with Gasteiger partial charge in [0.15, 0.2) is 11.6 Å². The van der Waals surface area contributed by atoms with Gasteiger partial charge in [0.05, 0.1) is 5.75 Å². The average Bonchev–Trinajstić information content (AvgIpc) is 2.42. The van der Waals surface area contributed by atoms with Gasteiger partial charge in [-0.05, 0) is 24.3 Å². The third kappa shape index (κ3) is 4.06. The largest absolute Gasteiger partial charge is 0.325 e. The van der Waals surface area contributed by atoms with E-state index in [1.54, 1.807) is 0 Å². The highest BCUT2D eigenvalue weighted by Gasteiger charge is 2.06. The Hall–Kier alpha value is -1.88. The number of carbonyl (C=O) groups excluding carboxylic acids is 1. The minimum absolute atomic E-state index is 0.211. The zero-order chi connectivity index (χ0) is 13.7. The molecule has 0 aliphatic carbocycles. The van der Waals surface area contributed by atoms with E-state index in [9.17, 15) is 13.6 Å². The molecule has 0 spiro atoms. The van der Waals surface area contributed by atoms with E-state index >= 15 is 0 Å². The molecule has 0 heterocycles. The first-order chi connectivity index (χ1) is 9.15. The molecule has 0 saturated carbocycles. The predicted molar refractivity (Wildman–Crippen MR) is 72.2 cm³/mol. The lowest BCUT2D eigenvalue weighted by atomic mass is 10.3. The van der Waals surface area contributed by atoms with Crippen LogP contribution in [-0.2, 0) is 4.79 Å². The molecule has 2 aromatic carbocycles. The van der Waals surface area contributed by atoms with E-state index in [4.69, 9.17) is 0 Å². The minimum Gasteiger partial charge on any atom is -0.325 e. The number of nitrogens with one attached hydrogen (secondary N) is 1. The molecule has 0 atom stereocenters.